The van der Waals surface area contributed by atoms with E-state index in [1.165, 1.54) is 32.2 Å². The first-order valence-corrected chi connectivity index (χ1v) is 8.81. The van der Waals surface area contributed by atoms with Crippen molar-refractivity contribution in [1.82, 2.24) is 15.1 Å². The van der Waals surface area contributed by atoms with Gasteiger partial charge >= 0.3 is 0 Å². The summed E-state index contributed by atoms with van der Waals surface area (Å²) in [4.78, 5) is 4.79. The Morgan fingerprint density at radius 1 is 1.10 bits per heavy atom. The standard InChI is InChI=1S/C17H37N3O/c1-5-17(15-21,18-16-9-10-16)11-7-13-20(6-2)14-8-12-19(3)4/h16,18,21H,5-15H2,1-4H3. The fourth-order valence-corrected chi connectivity index (χ4v) is 2.93. The van der Waals surface area contributed by atoms with Crippen LogP contribution in [0, 0.1) is 0 Å². The Hall–Kier alpha value is -0.160. The molecule has 1 rings (SSSR count). The average molecular weight is 300 g/mol. The minimum atomic E-state index is -0.0375. The lowest BCUT2D eigenvalue weighted by Gasteiger charge is -2.33. The number of aliphatic hydroxyl groups is 1. The minimum absolute atomic E-state index is 0.0375. The van der Waals surface area contributed by atoms with Gasteiger partial charge in [-0.05, 0) is 78.8 Å². The van der Waals surface area contributed by atoms with Gasteiger partial charge in [0.1, 0.15) is 0 Å². The predicted molar refractivity (Wildman–Crippen MR) is 90.8 cm³/mol. The highest BCUT2D eigenvalue weighted by atomic mass is 16.3. The minimum Gasteiger partial charge on any atom is -0.394 e. The molecular formula is C17H37N3O. The molecule has 0 aromatic rings. The Balaban J connectivity index is 2.26. The molecule has 4 heteroatoms. The highest BCUT2D eigenvalue weighted by Gasteiger charge is 2.33. The van der Waals surface area contributed by atoms with E-state index >= 15 is 0 Å². The predicted octanol–water partition coefficient (Wildman–Crippen LogP) is 1.93. The maximum Gasteiger partial charge on any atom is 0.0613 e. The lowest BCUT2D eigenvalue weighted by atomic mass is 9.91. The van der Waals surface area contributed by atoms with E-state index in [9.17, 15) is 5.11 Å². The van der Waals surface area contributed by atoms with Gasteiger partial charge in [-0.1, -0.05) is 13.8 Å². The van der Waals surface area contributed by atoms with Gasteiger partial charge in [0.25, 0.3) is 0 Å². The monoisotopic (exact) mass is 299 g/mol. The molecule has 0 aliphatic heterocycles. The number of hydrogen-bond donors (Lipinski definition) is 2. The first-order chi connectivity index (χ1) is 10.0. The summed E-state index contributed by atoms with van der Waals surface area (Å²) in [5.74, 6) is 0. The number of hydrogen-bond acceptors (Lipinski definition) is 4. The average Bonchev–Trinajstić information content (AvgIpc) is 3.28. The quantitative estimate of drug-likeness (QED) is 0.545. The zero-order chi connectivity index (χ0) is 15.7. The van der Waals surface area contributed by atoms with Crippen LogP contribution in [0.15, 0.2) is 0 Å². The van der Waals surface area contributed by atoms with Crippen LogP contribution >= 0.6 is 0 Å². The first-order valence-electron chi connectivity index (χ1n) is 8.81. The third-order valence-corrected chi connectivity index (χ3v) is 4.72. The van der Waals surface area contributed by atoms with E-state index in [1.54, 1.807) is 0 Å². The molecule has 1 atom stereocenters. The van der Waals surface area contributed by atoms with Gasteiger partial charge in [0, 0.05) is 11.6 Å². The summed E-state index contributed by atoms with van der Waals surface area (Å²) in [6, 6.07) is 0.666. The van der Waals surface area contributed by atoms with Crippen LogP contribution < -0.4 is 5.32 Å². The van der Waals surface area contributed by atoms with Crippen LogP contribution in [-0.4, -0.2) is 73.4 Å². The van der Waals surface area contributed by atoms with Gasteiger partial charge in [0.15, 0.2) is 0 Å². The molecule has 1 aliphatic carbocycles. The lowest BCUT2D eigenvalue weighted by molar-refractivity contribution is 0.136. The Morgan fingerprint density at radius 3 is 2.24 bits per heavy atom. The smallest absolute Gasteiger partial charge is 0.0613 e. The van der Waals surface area contributed by atoms with E-state index in [4.69, 9.17) is 0 Å². The third-order valence-electron chi connectivity index (χ3n) is 4.72. The van der Waals surface area contributed by atoms with Crippen molar-refractivity contribution >= 4 is 0 Å². The van der Waals surface area contributed by atoms with Crippen molar-refractivity contribution in [3.8, 4) is 0 Å². The summed E-state index contributed by atoms with van der Waals surface area (Å²) in [6.07, 6.45) is 7.08. The van der Waals surface area contributed by atoms with Gasteiger partial charge in [0.2, 0.25) is 0 Å². The van der Waals surface area contributed by atoms with E-state index in [-0.39, 0.29) is 12.1 Å². The summed E-state index contributed by atoms with van der Waals surface area (Å²) in [7, 11) is 4.27. The number of rotatable bonds is 13. The maximum atomic E-state index is 9.80. The van der Waals surface area contributed by atoms with E-state index in [0.29, 0.717) is 6.04 Å². The molecule has 126 valence electrons. The molecule has 4 nitrogen and oxygen atoms in total. The van der Waals surface area contributed by atoms with Crippen LogP contribution in [0.25, 0.3) is 0 Å². The summed E-state index contributed by atoms with van der Waals surface area (Å²) >= 11 is 0. The van der Waals surface area contributed by atoms with Crippen LogP contribution in [0.3, 0.4) is 0 Å². The zero-order valence-corrected chi connectivity index (χ0v) is 14.7. The molecule has 1 fully saturated rings. The molecule has 0 amide bonds. The van der Waals surface area contributed by atoms with E-state index in [2.05, 4.69) is 43.1 Å². The molecule has 0 spiro atoms. The van der Waals surface area contributed by atoms with E-state index in [0.717, 1.165) is 32.5 Å². The van der Waals surface area contributed by atoms with Crippen molar-refractivity contribution < 1.29 is 5.11 Å². The van der Waals surface area contributed by atoms with Gasteiger partial charge < -0.3 is 20.2 Å². The molecule has 2 N–H and O–H groups in total. The van der Waals surface area contributed by atoms with Crippen molar-refractivity contribution in [1.29, 1.82) is 0 Å². The Kier molecular flexibility index (Phi) is 8.79. The topological polar surface area (TPSA) is 38.7 Å². The highest BCUT2D eigenvalue weighted by Crippen LogP contribution is 2.26. The molecule has 0 aromatic heterocycles. The number of nitrogens with zero attached hydrogens (tertiary/aromatic N) is 2. The van der Waals surface area contributed by atoms with Gasteiger partial charge in [-0.25, -0.2) is 0 Å². The van der Waals surface area contributed by atoms with Crippen LogP contribution in [0.1, 0.15) is 52.4 Å². The SMILES string of the molecule is CCN(CCCN(C)C)CCCC(CC)(CO)NC1CC1. The zero-order valence-electron chi connectivity index (χ0n) is 14.7. The summed E-state index contributed by atoms with van der Waals surface area (Å²) in [6.45, 7) is 9.34. The van der Waals surface area contributed by atoms with Gasteiger partial charge in [-0.2, -0.15) is 0 Å². The van der Waals surface area contributed by atoms with Crippen LogP contribution in [-0.2, 0) is 0 Å². The fourth-order valence-electron chi connectivity index (χ4n) is 2.93. The summed E-state index contributed by atoms with van der Waals surface area (Å²) in [5, 5.41) is 13.5. The molecule has 1 saturated carbocycles. The first kappa shape index (κ1) is 18.9. The second-order valence-electron chi connectivity index (χ2n) is 6.91. The number of aliphatic hydroxyl groups excluding tert-OH is 1. The fraction of sp³-hybridized carbons (Fsp3) is 1.00. The highest BCUT2D eigenvalue weighted by molar-refractivity contribution is 4.94. The Labute approximate surface area is 131 Å². The molecule has 0 saturated heterocycles. The van der Waals surface area contributed by atoms with Crippen molar-refractivity contribution in [3.05, 3.63) is 0 Å². The van der Waals surface area contributed by atoms with Gasteiger partial charge in [-0.15, -0.1) is 0 Å². The van der Waals surface area contributed by atoms with Crippen LogP contribution in [0.4, 0.5) is 0 Å². The summed E-state index contributed by atoms with van der Waals surface area (Å²) in [5.41, 5.74) is -0.0375. The van der Waals surface area contributed by atoms with Crippen molar-refractivity contribution in [2.45, 2.75) is 64.0 Å². The van der Waals surface area contributed by atoms with E-state index in [1.807, 2.05) is 0 Å². The van der Waals surface area contributed by atoms with Crippen LogP contribution in [0.5, 0.6) is 0 Å². The molecular weight excluding hydrogens is 262 g/mol. The molecule has 0 heterocycles. The molecule has 0 bridgehead atoms. The number of nitrogens with one attached hydrogen (secondary N) is 1. The Bertz CT molecular complexity index is 263. The van der Waals surface area contributed by atoms with Crippen LogP contribution in [0.2, 0.25) is 0 Å². The lowest BCUT2D eigenvalue weighted by Crippen LogP contribution is -2.49. The van der Waals surface area contributed by atoms with E-state index < -0.39 is 0 Å². The van der Waals surface area contributed by atoms with Gasteiger partial charge in [0.05, 0.1) is 6.61 Å². The van der Waals surface area contributed by atoms with Crippen molar-refractivity contribution in [2.75, 3.05) is 46.9 Å². The van der Waals surface area contributed by atoms with Crippen molar-refractivity contribution in [3.63, 3.8) is 0 Å². The molecule has 0 radical (unpaired) electrons. The molecule has 21 heavy (non-hydrogen) atoms. The Morgan fingerprint density at radius 2 is 1.76 bits per heavy atom. The largest absolute Gasteiger partial charge is 0.394 e. The molecule has 1 unspecified atom stereocenters. The molecule has 0 aromatic carbocycles. The van der Waals surface area contributed by atoms with Crippen molar-refractivity contribution in [2.24, 2.45) is 0 Å². The third kappa shape index (κ3) is 7.59. The van der Waals surface area contributed by atoms with Gasteiger partial charge in [-0.3, -0.25) is 0 Å². The second-order valence-corrected chi connectivity index (χ2v) is 6.91. The maximum absolute atomic E-state index is 9.80. The summed E-state index contributed by atoms with van der Waals surface area (Å²) < 4.78 is 0. The molecule has 1 aliphatic rings. The second kappa shape index (κ2) is 9.78. The normalized spacial score (nSPS) is 18.4.